The number of nitrogens with one attached hydrogen (secondary N) is 1. The lowest BCUT2D eigenvalue weighted by Gasteiger charge is -2.36. The number of hydrogen-bond donors (Lipinski definition) is 1. The average molecular weight is 345 g/mol. The maximum absolute atomic E-state index is 13.4. The van der Waals surface area contributed by atoms with E-state index in [1.54, 1.807) is 4.90 Å². The Bertz CT molecular complexity index is 475. The molecule has 1 aliphatic heterocycles. The Kier molecular flexibility index (Phi) is 7.02. The maximum atomic E-state index is 13.4. The summed E-state index contributed by atoms with van der Waals surface area (Å²) >= 11 is 0. The Labute approximate surface area is 132 Å². The van der Waals surface area contributed by atoms with Crippen molar-refractivity contribution in [2.24, 2.45) is 0 Å². The molecule has 0 amide bonds. The molecule has 1 heterocycles. The first kappa shape index (κ1) is 19.1. The van der Waals surface area contributed by atoms with Gasteiger partial charge in [0.25, 0.3) is 0 Å². The predicted octanol–water partition coefficient (Wildman–Crippen LogP) is 3.57. The van der Waals surface area contributed by atoms with Crippen LogP contribution in [0.15, 0.2) is 18.2 Å². The lowest BCUT2D eigenvalue weighted by atomic mass is 9.95. The molecule has 126 valence electrons. The van der Waals surface area contributed by atoms with Crippen molar-refractivity contribution >= 4 is 12.4 Å². The SMILES string of the molecule is Cl.FCC[C@H](c1cc(F)ccc1C(F)(F)F)N1CCNCC1. The first-order valence-corrected chi connectivity index (χ1v) is 6.81. The van der Waals surface area contributed by atoms with Crippen LogP contribution in [0.5, 0.6) is 0 Å². The highest BCUT2D eigenvalue weighted by Crippen LogP contribution is 2.38. The molecule has 0 unspecified atom stereocenters. The zero-order valence-electron chi connectivity index (χ0n) is 11.8. The lowest BCUT2D eigenvalue weighted by Crippen LogP contribution is -2.45. The lowest BCUT2D eigenvalue weighted by molar-refractivity contribution is -0.138. The van der Waals surface area contributed by atoms with E-state index in [0.717, 1.165) is 18.2 Å². The van der Waals surface area contributed by atoms with Gasteiger partial charge >= 0.3 is 6.18 Å². The summed E-state index contributed by atoms with van der Waals surface area (Å²) in [6.07, 6.45) is -4.65. The van der Waals surface area contributed by atoms with E-state index in [9.17, 15) is 22.0 Å². The van der Waals surface area contributed by atoms with Crippen LogP contribution < -0.4 is 5.32 Å². The second-order valence-electron chi connectivity index (χ2n) is 5.01. The van der Waals surface area contributed by atoms with Crippen LogP contribution in [0, 0.1) is 5.82 Å². The highest BCUT2D eigenvalue weighted by molar-refractivity contribution is 5.85. The van der Waals surface area contributed by atoms with Crippen molar-refractivity contribution in [3.05, 3.63) is 35.1 Å². The fourth-order valence-corrected chi connectivity index (χ4v) is 2.70. The highest BCUT2D eigenvalue weighted by Gasteiger charge is 2.37. The van der Waals surface area contributed by atoms with E-state index in [2.05, 4.69) is 5.32 Å². The van der Waals surface area contributed by atoms with E-state index < -0.39 is 30.3 Å². The zero-order chi connectivity index (χ0) is 15.5. The summed E-state index contributed by atoms with van der Waals surface area (Å²) in [5.74, 6) is -0.739. The number of halogens is 6. The molecule has 8 heteroatoms. The molecular formula is C14H18ClF5N2. The van der Waals surface area contributed by atoms with Crippen molar-refractivity contribution < 1.29 is 22.0 Å². The van der Waals surface area contributed by atoms with Gasteiger partial charge in [-0.25, -0.2) is 4.39 Å². The fraction of sp³-hybridized carbons (Fsp3) is 0.571. The molecule has 1 aliphatic rings. The van der Waals surface area contributed by atoms with Crippen LogP contribution in [0.3, 0.4) is 0 Å². The molecule has 0 bridgehead atoms. The van der Waals surface area contributed by atoms with Crippen molar-refractivity contribution in [1.29, 1.82) is 0 Å². The zero-order valence-corrected chi connectivity index (χ0v) is 12.6. The van der Waals surface area contributed by atoms with Crippen LogP contribution in [0.1, 0.15) is 23.6 Å². The Morgan fingerprint density at radius 3 is 2.36 bits per heavy atom. The number of hydrogen-bond acceptors (Lipinski definition) is 2. The number of nitrogens with zero attached hydrogens (tertiary/aromatic N) is 1. The van der Waals surface area contributed by atoms with Gasteiger partial charge in [-0.05, 0) is 30.2 Å². The first-order valence-electron chi connectivity index (χ1n) is 6.81. The summed E-state index contributed by atoms with van der Waals surface area (Å²) in [4.78, 5) is 1.78. The molecule has 0 aromatic heterocycles. The standard InChI is InChI=1S/C14H17F5N2.ClH/c15-4-3-13(21-7-5-20-6-8-21)11-9-10(16)1-2-12(11)14(17,18)19;/h1-2,9,13,20H,3-8H2;1H/t13-;/m1./s1. The molecule has 22 heavy (non-hydrogen) atoms. The summed E-state index contributed by atoms with van der Waals surface area (Å²) in [6, 6.07) is 1.64. The minimum atomic E-state index is -4.58. The summed E-state index contributed by atoms with van der Waals surface area (Å²) in [6.45, 7) is 1.53. The first-order chi connectivity index (χ1) is 9.93. The summed E-state index contributed by atoms with van der Waals surface area (Å²) in [7, 11) is 0. The number of benzene rings is 1. The third-order valence-corrected chi connectivity index (χ3v) is 3.65. The normalized spacial score (nSPS) is 17.9. The molecule has 2 nitrogen and oxygen atoms in total. The second kappa shape index (κ2) is 8.08. The smallest absolute Gasteiger partial charge is 0.314 e. The average Bonchev–Trinajstić information content (AvgIpc) is 2.44. The van der Waals surface area contributed by atoms with Gasteiger partial charge < -0.3 is 5.32 Å². The monoisotopic (exact) mass is 344 g/mol. The molecule has 0 saturated carbocycles. The van der Waals surface area contributed by atoms with Crippen molar-refractivity contribution in [1.82, 2.24) is 10.2 Å². The number of rotatable bonds is 4. The van der Waals surface area contributed by atoms with E-state index in [1.165, 1.54) is 0 Å². The summed E-state index contributed by atoms with van der Waals surface area (Å²) in [5, 5.41) is 3.09. The fourth-order valence-electron chi connectivity index (χ4n) is 2.70. The van der Waals surface area contributed by atoms with Gasteiger partial charge in [0.2, 0.25) is 0 Å². The van der Waals surface area contributed by atoms with Gasteiger partial charge in [-0.15, -0.1) is 12.4 Å². The van der Waals surface area contributed by atoms with Crippen LogP contribution in [-0.4, -0.2) is 37.8 Å². The third kappa shape index (κ3) is 4.54. The topological polar surface area (TPSA) is 15.3 Å². The van der Waals surface area contributed by atoms with Crippen molar-refractivity contribution in [2.75, 3.05) is 32.9 Å². The van der Waals surface area contributed by atoms with Crippen molar-refractivity contribution in [3.8, 4) is 0 Å². The molecule has 1 fully saturated rings. The van der Waals surface area contributed by atoms with Crippen LogP contribution in [0.2, 0.25) is 0 Å². The summed E-state index contributed by atoms with van der Waals surface area (Å²) < 4.78 is 65.5. The largest absolute Gasteiger partial charge is 0.416 e. The van der Waals surface area contributed by atoms with E-state index in [1.807, 2.05) is 0 Å². The molecule has 0 aliphatic carbocycles. The molecular weight excluding hydrogens is 327 g/mol. The van der Waals surface area contributed by atoms with Gasteiger partial charge in [0.05, 0.1) is 12.2 Å². The minimum Gasteiger partial charge on any atom is -0.314 e. The molecule has 0 spiro atoms. The van der Waals surface area contributed by atoms with Crippen LogP contribution in [-0.2, 0) is 6.18 Å². The van der Waals surface area contributed by atoms with Crippen LogP contribution >= 0.6 is 12.4 Å². The minimum absolute atomic E-state index is 0. The Hall–Kier alpha value is -0.920. The molecule has 1 saturated heterocycles. The maximum Gasteiger partial charge on any atom is 0.416 e. The van der Waals surface area contributed by atoms with Crippen LogP contribution in [0.4, 0.5) is 22.0 Å². The van der Waals surface area contributed by atoms with Crippen LogP contribution in [0.25, 0.3) is 0 Å². The quantitative estimate of drug-likeness (QED) is 0.840. The molecule has 1 N–H and O–H groups in total. The van der Waals surface area contributed by atoms with E-state index in [0.29, 0.717) is 26.2 Å². The van der Waals surface area contributed by atoms with E-state index in [4.69, 9.17) is 0 Å². The Morgan fingerprint density at radius 2 is 1.82 bits per heavy atom. The van der Waals surface area contributed by atoms with E-state index in [-0.39, 0.29) is 24.4 Å². The predicted molar refractivity (Wildman–Crippen MR) is 76.4 cm³/mol. The third-order valence-electron chi connectivity index (χ3n) is 3.65. The van der Waals surface area contributed by atoms with Crippen molar-refractivity contribution in [2.45, 2.75) is 18.6 Å². The van der Waals surface area contributed by atoms with Gasteiger partial charge in [0.15, 0.2) is 0 Å². The highest BCUT2D eigenvalue weighted by atomic mass is 35.5. The second-order valence-corrected chi connectivity index (χ2v) is 5.01. The Morgan fingerprint density at radius 1 is 1.18 bits per heavy atom. The molecule has 1 aromatic carbocycles. The number of alkyl halides is 4. The van der Waals surface area contributed by atoms with Crippen molar-refractivity contribution in [3.63, 3.8) is 0 Å². The van der Waals surface area contributed by atoms with Gasteiger partial charge in [0, 0.05) is 32.2 Å². The number of piperazine rings is 1. The van der Waals surface area contributed by atoms with Gasteiger partial charge in [-0.1, -0.05) is 0 Å². The molecule has 0 radical (unpaired) electrons. The molecule has 1 atom stereocenters. The Balaban J connectivity index is 0.00000242. The van der Waals surface area contributed by atoms with Gasteiger partial charge in [0.1, 0.15) is 5.82 Å². The van der Waals surface area contributed by atoms with Gasteiger partial charge in [-0.2, -0.15) is 13.2 Å². The molecule has 1 aromatic rings. The van der Waals surface area contributed by atoms with Gasteiger partial charge in [-0.3, -0.25) is 9.29 Å². The molecule has 2 rings (SSSR count). The van der Waals surface area contributed by atoms with E-state index >= 15 is 0 Å². The summed E-state index contributed by atoms with van der Waals surface area (Å²) in [5.41, 5.74) is -1.07.